The minimum absolute atomic E-state index is 0. The van der Waals surface area contributed by atoms with Crippen LogP contribution in [0.3, 0.4) is 0 Å². The molecule has 0 aliphatic carbocycles. The maximum Gasteiger partial charge on any atom is 0.355 e. The van der Waals surface area contributed by atoms with E-state index in [1.807, 2.05) is 34.7 Å². The lowest BCUT2D eigenvalue weighted by Gasteiger charge is -2.44. The molecule has 2 aromatic heterocycles. The number of imidazole rings is 1. The number of amides is 1. The van der Waals surface area contributed by atoms with Gasteiger partial charge in [-0.05, 0) is 31.0 Å². The summed E-state index contributed by atoms with van der Waals surface area (Å²) >= 11 is 1.51. The summed E-state index contributed by atoms with van der Waals surface area (Å²) in [7, 11) is 1.92. The Kier molecular flexibility index (Phi) is 6.48. The quantitative estimate of drug-likeness (QED) is 0.0955. The maximum absolute atomic E-state index is 13.1. The first-order chi connectivity index (χ1) is 15.7. The third kappa shape index (κ3) is 3.99. The smallest absolute Gasteiger partial charge is 0.355 e. The van der Waals surface area contributed by atoms with Crippen molar-refractivity contribution in [3.63, 3.8) is 0 Å². The molecule has 1 N–H and O–H groups in total. The number of aryl methyl sites for hydroxylation is 1. The summed E-state index contributed by atoms with van der Waals surface area (Å²) in [5, 5.41) is 20.9. The average molecular weight is 596 g/mol. The van der Waals surface area contributed by atoms with Gasteiger partial charge in [0.05, 0.1) is 34.9 Å². The van der Waals surface area contributed by atoms with Crippen LogP contribution in [-0.2, 0) is 28.0 Å². The van der Waals surface area contributed by atoms with Crippen molar-refractivity contribution in [2.75, 3.05) is 0 Å². The number of fused-ring (bicyclic) bond motifs is 2. The molecule has 12 heteroatoms. The molecule has 2 aliphatic heterocycles. The molecule has 3 atom stereocenters. The summed E-state index contributed by atoms with van der Waals surface area (Å²) in [6.45, 7) is 1.50. The van der Waals surface area contributed by atoms with Crippen molar-refractivity contribution in [3.8, 4) is 0 Å². The lowest BCUT2D eigenvalue weighted by molar-refractivity contribution is -0.669. The normalized spacial score (nSPS) is 20.1. The fourth-order valence-electron chi connectivity index (χ4n) is 4.52. The Morgan fingerprint density at radius 2 is 2.09 bits per heavy atom. The molecular weight excluding hydrogens is 575 g/mol. The predicted molar refractivity (Wildman–Crippen MR) is 117 cm³/mol. The summed E-state index contributed by atoms with van der Waals surface area (Å²) in [5.74, 6) is -1.47. The number of aliphatic hydroxyl groups excluding tert-OH is 1. The number of non-ortho nitro benzene ring substituents is 1. The molecule has 0 spiro atoms. The topological polar surface area (TPSA) is 118 Å². The van der Waals surface area contributed by atoms with E-state index in [1.54, 1.807) is 6.92 Å². The molecule has 3 aromatic rings. The molecule has 2 aliphatic rings. The molecule has 5 rings (SSSR count). The summed E-state index contributed by atoms with van der Waals surface area (Å²) in [6, 6.07) is 5.46. The van der Waals surface area contributed by atoms with Gasteiger partial charge in [-0.2, -0.15) is 4.40 Å². The van der Waals surface area contributed by atoms with E-state index in [0.29, 0.717) is 12.0 Å². The number of aromatic nitrogens is 2. The summed E-state index contributed by atoms with van der Waals surface area (Å²) in [6.07, 6.45) is 5.45. The van der Waals surface area contributed by atoms with Gasteiger partial charge in [-0.1, -0.05) is 11.3 Å². The van der Waals surface area contributed by atoms with E-state index in [4.69, 9.17) is 4.74 Å². The van der Waals surface area contributed by atoms with Crippen LogP contribution >= 0.6 is 11.3 Å². The molecule has 0 unspecified atom stereocenters. The molecule has 34 heavy (non-hydrogen) atoms. The molecule has 0 saturated carbocycles. The van der Waals surface area contributed by atoms with Gasteiger partial charge in [-0.15, -0.1) is 0 Å². The zero-order valence-electron chi connectivity index (χ0n) is 18.3. The van der Waals surface area contributed by atoms with Crippen LogP contribution < -0.4 is 28.5 Å². The van der Waals surface area contributed by atoms with Crippen LogP contribution in [0.2, 0.25) is 0 Å². The van der Waals surface area contributed by atoms with E-state index in [-0.39, 0.29) is 53.9 Å². The van der Waals surface area contributed by atoms with Crippen molar-refractivity contribution in [2.24, 2.45) is 13.0 Å². The Hall–Kier alpha value is -2.84. The second kappa shape index (κ2) is 9.07. The van der Waals surface area contributed by atoms with E-state index in [9.17, 15) is 24.8 Å². The third-order valence-corrected chi connectivity index (χ3v) is 7.18. The molecule has 1 amide bonds. The number of β-lactam (4-membered cyclic amide) rings is 1. The standard InChI is InChI=1S/C22H21N4O6S.HI/c1-12(27)19-16-7-15(17-8-24-11-23(2)9-18(24)33-17)20(25(16)21(19)28)22(29)32-10-13-3-5-14(6-4-13)26(30)31;/h3-6,8-9,11-12,16,19,27H,7,10H2,1-2H3;1H/q+1;/p-1/t12-,16-,19-;/m1./s1. The van der Waals surface area contributed by atoms with Crippen molar-refractivity contribution >= 4 is 39.3 Å². The minimum atomic E-state index is -0.812. The zero-order valence-corrected chi connectivity index (χ0v) is 21.2. The van der Waals surface area contributed by atoms with Crippen LogP contribution in [0.5, 0.6) is 0 Å². The highest BCUT2D eigenvalue weighted by Gasteiger charge is 2.57. The maximum atomic E-state index is 13.1. The summed E-state index contributed by atoms with van der Waals surface area (Å²) in [5.41, 5.74) is 1.48. The predicted octanol–water partition coefficient (Wildman–Crippen LogP) is -1.20. The number of benzene rings is 1. The third-order valence-electron chi connectivity index (χ3n) is 6.08. The van der Waals surface area contributed by atoms with Gasteiger partial charge in [0, 0.05) is 17.7 Å². The number of carbonyl (C=O) groups excluding carboxylic acids is 2. The van der Waals surface area contributed by atoms with E-state index in [1.165, 1.54) is 40.5 Å². The molecule has 1 fully saturated rings. The van der Waals surface area contributed by atoms with E-state index >= 15 is 0 Å². The lowest BCUT2D eigenvalue weighted by Crippen LogP contribution is -3.00. The number of aliphatic hydroxyl groups is 1. The number of hydrogen-bond donors (Lipinski definition) is 1. The van der Waals surface area contributed by atoms with Gasteiger partial charge in [0.15, 0.2) is 0 Å². The van der Waals surface area contributed by atoms with Crippen LogP contribution in [0.15, 0.2) is 48.7 Å². The minimum Gasteiger partial charge on any atom is -1.00 e. The van der Waals surface area contributed by atoms with Gasteiger partial charge >= 0.3 is 5.97 Å². The average Bonchev–Trinajstić information content (AvgIpc) is 3.40. The largest absolute Gasteiger partial charge is 1.00 e. The Bertz CT molecular complexity index is 1300. The van der Waals surface area contributed by atoms with Crippen LogP contribution in [0.1, 0.15) is 23.8 Å². The van der Waals surface area contributed by atoms with Crippen molar-refractivity contribution in [1.82, 2.24) is 9.30 Å². The number of nitrogens with zero attached hydrogens (tertiary/aromatic N) is 4. The highest BCUT2D eigenvalue weighted by molar-refractivity contribution is 7.18. The van der Waals surface area contributed by atoms with Crippen LogP contribution in [-0.4, -0.2) is 43.4 Å². The Labute approximate surface area is 215 Å². The highest BCUT2D eigenvalue weighted by atomic mass is 127. The van der Waals surface area contributed by atoms with E-state index in [2.05, 4.69) is 0 Å². The first-order valence-electron chi connectivity index (χ1n) is 10.4. The van der Waals surface area contributed by atoms with Gasteiger partial charge in [0.1, 0.15) is 24.7 Å². The molecule has 10 nitrogen and oxygen atoms in total. The summed E-state index contributed by atoms with van der Waals surface area (Å²) < 4.78 is 9.39. The number of carbonyl (C=O) groups is 2. The monoisotopic (exact) mass is 596 g/mol. The second-order valence-corrected chi connectivity index (χ2v) is 9.39. The van der Waals surface area contributed by atoms with Gasteiger partial charge in [-0.3, -0.25) is 14.9 Å². The van der Waals surface area contributed by atoms with Gasteiger partial charge in [0.25, 0.3) is 5.69 Å². The van der Waals surface area contributed by atoms with Gasteiger partial charge < -0.3 is 38.7 Å². The Balaban J connectivity index is 0.00000274. The molecule has 0 radical (unpaired) electrons. The molecule has 1 aromatic carbocycles. The molecular formula is C22H21IN4O6S. The fraction of sp³-hybridized carbons (Fsp3) is 0.318. The molecule has 4 heterocycles. The highest BCUT2D eigenvalue weighted by Crippen LogP contribution is 2.48. The van der Waals surface area contributed by atoms with E-state index in [0.717, 1.165) is 15.3 Å². The van der Waals surface area contributed by atoms with Crippen molar-refractivity contribution in [1.29, 1.82) is 0 Å². The Morgan fingerprint density at radius 3 is 2.71 bits per heavy atom. The van der Waals surface area contributed by atoms with Gasteiger partial charge in [-0.25, -0.2) is 9.36 Å². The SMILES string of the molecule is C[C@@H](O)[C@H]1C(=O)N2C(C(=O)OCc3ccc([N+](=O)[O-])cc3)=C(c3cn4c[n+](C)cc4s3)C[C@H]12.[I-]. The number of ether oxygens (including phenoxy) is 1. The van der Waals surface area contributed by atoms with Gasteiger partial charge in [0.2, 0.25) is 17.1 Å². The fourth-order valence-corrected chi connectivity index (χ4v) is 5.64. The number of rotatable bonds is 6. The number of nitro groups is 1. The van der Waals surface area contributed by atoms with Crippen LogP contribution in [0, 0.1) is 16.0 Å². The zero-order chi connectivity index (χ0) is 23.4. The van der Waals surface area contributed by atoms with Crippen molar-refractivity contribution < 1.29 is 52.9 Å². The molecule has 0 bridgehead atoms. The summed E-state index contributed by atoms with van der Waals surface area (Å²) in [4.78, 5) is 39.5. The number of hydrogen-bond acceptors (Lipinski definition) is 7. The molecule has 178 valence electrons. The van der Waals surface area contributed by atoms with Crippen LogP contribution in [0.25, 0.3) is 10.4 Å². The van der Waals surface area contributed by atoms with Crippen molar-refractivity contribution in [2.45, 2.75) is 32.1 Å². The number of nitro benzene ring substituents is 1. The lowest BCUT2D eigenvalue weighted by atomic mass is 9.83. The second-order valence-electron chi connectivity index (χ2n) is 8.32. The van der Waals surface area contributed by atoms with Crippen molar-refractivity contribution in [3.05, 3.63) is 69.2 Å². The van der Waals surface area contributed by atoms with Crippen LogP contribution in [0.4, 0.5) is 5.69 Å². The first kappa shape index (κ1) is 24.3. The number of thiazole rings is 1. The first-order valence-corrected chi connectivity index (χ1v) is 11.2. The Morgan fingerprint density at radius 1 is 1.38 bits per heavy atom. The number of halogens is 1. The van der Waals surface area contributed by atoms with E-state index < -0.39 is 22.9 Å². The number of esters is 1. The molecule has 1 saturated heterocycles.